The summed E-state index contributed by atoms with van der Waals surface area (Å²) in [7, 11) is 0. The third-order valence-corrected chi connectivity index (χ3v) is 4.62. The number of carbonyl (C=O) groups is 1. The molecule has 3 rings (SSSR count). The van der Waals surface area contributed by atoms with Crippen molar-refractivity contribution in [2.24, 2.45) is 11.3 Å². The lowest BCUT2D eigenvalue weighted by Gasteiger charge is -2.15. The van der Waals surface area contributed by atoms with Gasteiger partial charge in [-0.1, -0.05) is 12.1 Å². The van der Waals surface area contributed by atoms with Crippen molar-refractivity contribution < 1.29 is 4.79 Å². The molecule has 2 saturated carbocycles. The van der Waals surface area contributed by atoms with E-state index < -0.39 is 0 Å². The highest BCUT2D eigenvalue weighted by molar-refractivity contribution is 6.17. The van der Waals surface area contributed by atoms with E-state index in [9.17, 15) is 4.79 Å². The molecule has 0 atom stereocenters. The molecule has 1 aromatic carbocycles. The fourth-order valence-corrected chi connectivity index (χ4v) is 2.87. The lowest BCUT2D eigenvalue weighted by atomic mass is 10.0. The number of alkyl halides is 1. The van der Waals surface area contributed by atoms with E-state index in [4.69, 9.17) is 11.6 Å². The van der Waals surface area contributed by atoms with Crippen molar-refractivity contribution in [3.63, 3.8) is 0 Å². The van der Waals surface area contributed by atoms with Gasteiger partial charge in [-0.15, -0.1) is 11.6 Å². The lowest BCUT2D eigenvalue weighted by molar-refractivity contribution is 0.0942. The van der Waals surface area contributed by atoms with Crippen LogP contribution in [0.5, 0.6) is 0 Å². The molecule has 0 aliphatic heterocycles. The minimum atomic E-state index is 0.0445. The second-order valence-electron chi connectivity index (χ2n) is 5.65. The Morgan fingerprint density at radius 3 is 2.44 bits per heavy atom. The summed E-state index contributed by atoms with van der Waals surface area (Å²) in [5.74, 6) is 1.42. The Morgan fingerprint density at radius 2 is 1.94 bits per heavy atom. The van der Waals surface area contributed by atoms with E-state index in [1.54, 1.807) is 0 Å². The first kappa shape index (κ1) is 12.0. The van der Waals surface area contributed by atoms with Gasteiger partial charge in [-0.05, 0) is 54.7 Å². The lowest BCUT2D eigenvalue weighted by Crippen LogP contribution is -2.31. The Hall–Kier alpha value is -1.02. The molecular formula is C15H18ClNO. The average Bonchev–Trinajstić information content (AvgIpc) is 3.28. The van der Waals surface area contributed by atoms with Crippen molar-refractivity contribution in [1.82, 2.24) is 5.32 Å². The first-order valence-electron chi connectivity index (χ1n) is 6.67. The van der Waals surface area contributed by atoms with Crippen LogP contribution in [-0.2, 0) is 5.88 Å². The van der Waals surface area contributed by atoms with Crippen LogP contribution >= 0.6 is 11.6 Å². The second-order valence-corrected chi connectivity index (χ2v) is 5.92. The van der Waals surface area contributed by atoms with E-state index in [-0.39, 0.29) is 5.91 Å². The molecule has 0 aromatic heterocycles. The van der Waals surface area contributed by atoms with E-state index in [2.05, 4.69) is 5.32 Å². The topological polar surface area (TPSA) is 29.1 Å². The first-order valence-corrected chi connectivity index (χ1v) is 7.20. The molecule has 1 amide bonds. The fraction of sp³-hybridized carbons (Fsp3) is 0.533. The van der Waals surface area contributed by atoms with Gasteiger partial charge in [0.15, 0.2) is 0 Å². The van der Waals surface area contributed by atoms with Crippen molar-refractivity contribution in [2.75, 3.05) is 6.54 Å². The summed E-state index contributed by atoms with van der Waals surface area (Å²) in [6.45, 7) is 0.855. The fourth-order valence-electron chi connectivity index (χ4n) is 2.69. The molecule has 96 valence electrons. The Balaban J connectivity index is 1.57. The summed E-state index contributed by atoms with van der Waals surface area (Å²) in [5.41, 5.74) is 2.24. The zero-order valence-corrected chi connectivity index (χ0v) is 11.2. The van der Waals surface area contributed by atoms with Crippen molar-refractivity contribution >= 4 is 17.5 Å². The number of halogens is 1. The maximum absolute atomic E-state index is 12.0. The molecule has 0 saturated heterocycles. The molecule has 0 unspecified atom stereocenters. The van der Waals surface area contributed by atoms with Gasteiger partial charge in [0.2, 0.25) is 0 Å². The van der Waals surface area contributed by atoms with Gasteiger partial charge in [0.05, 0.1) is 0 Å². The van der Waals surface area contributed by atoms with Gasteiger partial charge in [-0.25, -0.2) is 0 Å². The highest BCUT2D eigenvalue weighted by atomic mass is 35.5. The van der Waals surface area contributed by atoms with Crippen molar-refractivity contribution in [3.05, 3.63) is 35.4 Å². The van der Waals surface area contributed by atoms with Gasteiger partial charge in [-0.2, -0.15) is 0 Å². The number of rotatable bonds is 5. The molecule has 0 heterocycles. The van der Waals surface area contributed by atoms with Gasteiger partial charge in [0.25, 0.3) is 5.91 Å². The SMILES string of the molecule is O=C(NCC1(C2CC2)CC1)c1ccc(CCl)cc1. The van der Waals surface area contributed by atoms with Crippen LogP contribution in [0.25, 0.3) is 0 Å². The maximum Gasteiger partial charge on any atom is 0.251 e. The van der Waals surface area contributed by atoms with Crippen LogP contribution in [0.3, 0.4) is 0 Å². The smallest absolute Gasteiger partial charge is 0.251 e. The zero-order chi connectivity index (χ0) is 12.6. The normalized spacial score (nSPS) is 20.5. The molecule has 0 spiro atoms. The Bertz CT molecular complexity index is 446. The van der Waals surface area contributed by atoms with Crippen molar-refractivity contribution in [2.45, 2.75) is 31.6 Å². The second kappa shape index (κ2) is 4.58. The van der Waals surface area contributed by atoms with E-state index in [0.29, 0.717) is 11.3 Å². The van der Waals surface area contributed by atoms with Gasteiger partial charge in [-0.3, -0.25) is 4.79 Å². The van der Waals surface area contributed by atoms with E-state index in [1.807, 2.05) is 24.3 Å². The van der Waals surface area contributed by atoms with Gasteiger partial charge < -0.3 is 5.32 Å². The summed E-state index contributed by atoms with van der Waals surface area (Å²) >= 11 is 5.73. The largest absolute Gasteiger partial charge is 0.351 e. The van der Waals surface area contributed by atoms with E-state index >= 15 is 0 Å². The molecule has 18 heavy (non-hydrogen) atoms. The highest BCUT2D eigenvalue weighted by Gasteiger charge is 2.53. The number of hydrogen-bond acceptors (Lipinski definition) is 1. The number of hydrogen-bond donors (Lipinski definition) is 1. The van der Waals surface area contributed by atoms with Gasteiger partial charge >= 0.3 is 0 Å². The number of benzene rings is 1. The molecule has 1 N–H and O–H groups in total. The first-order chi connectivity index (χ1) is 8.73. The number of amides is 1. The maximum atomic E-state index is 12.0. The minimum absolute atomic E-state index is 0.0445. The predicted octanol–water partition coefficient (Wildman–Crippen LogP) is 3.35. The van der Waals surface area contributed by atoms with Crippen molar-refractivity contribution in [3.8, 4) is 0 Å². The van der Waals surface area contributed by atoms with Crippen molar-refractivity contribution in [1.29, 1.82) is 0 Å². The average molecular weight is 264 g/mol. The molecule has 3 heteroatoms. The molecule has 0 radical (unpaired) electrons. The molecule has 0 bridgehead atoms. The molecule has 2 fully saturated rings. The molecular weight excluding hydrogens is 246 g/mol. The van der Waals surface area contributed by atoms with Crippen LogP contribution < -0.4 is 5.32 Å². The summed E-state index contributed by atoms with van der Waals surface area (Å²) in [6, 6.07) is 7.53. The predicted molar refractivity (Wildman–Crippen MR) is 72.7 cm³/mol. The molecule has 2 aliphatic rings. The molecule has 1 aromatic rings. The van der Waals surface area contributed by atoms with E-state index in [0.717, 1.165) is 23.6 Å². The Morgan fingerprint density at radius 1 is 1.28 bits per heavy atom. The Kier molecular flexibility index (Phi) is 3.06. The monoisotopic (exact) mass is 263 g/mol. The van der Waals surface area contributed by atoms with Crippen LogP contribution in [0.15, 0.2) is 24.3 Å². The molecule has 2 aliphatic carbocycles. The zero-order valence-electron chi connectivity index (χ0n) is 10.4. The van der Waals surface area contributed by atoms with Crippen LogP contribution in [0, 0.1) is 11.3 Å². The standard InChI is InChI=1S/C15H18ClNO/c16-9-11-1-3-12(4-2-11)14(18)17-10-15(7-8-15)13-5-6-13/h1-4,13H,5-10H2,(H,17,18). The highest BCUT2D eigenvalue weighted by Crippen LogP contribution is 2.60. The third-order valence-electron chi connectivity index (χ3n) is 4.31. The minimum Gasteiger partial charge on any atom is -0.351 e. The summed E-state index contributed by atoms with van der Waals surface area (Å²) in [6.07, 6.45) is 5.31. The van der Waals surface area contributed by atoms with Gasteiger partial charge in [0, 0.05) is 18.0 Å². The summed E-state index contributed by atoms with van der Waals surface area (Å²) < 4.78 is 0. The third kappa shape index (κ3) is 2.39. The summed E-state index contributed by atoms with van der Waals surface area (Å²) in [4.78, 5) is 12.0. The van der Waals surface area contributed by atoms with Crippen LogP contribution in [0.4, 0.5) is 0 Å². The van der Waals surface area contributed by atoms with E-state index in [1.165, 1.54) is 25.7 Å². The molecule has 2 nitrogen and oxygen atoms in total. The van der Waals surface area contributed by atoms with Crippen LogP contribution in [0.2, 0.25) is 0 Å². The van der Waals surface area contributed by atoms with Crippen LogP contribution in [0.1, 0.15) is 41.6 Å². The van der Waals surface area contributed by atoms with Gasteiger partial charge in [0.1, 0.15) is 0 Å². The Labute approximate surface area is 113 Å². The number of nitrogens with one attached hydrogen (secondary N) is 1. The summed E-state index contributed by atoms with van der Waals surface area (Å²) in [5, 5.41) is 3.09. The van der Waals surface area contributed by atoms with Crippen LogP contribution in [-0.4, -0.2) is 12.5 Å². The quantitative estimate of drug-likeness (QED) is 0.811. The number of carbonyl (C=O) groups excluding carboxylic acids is 1.